The fourth-order valence-electron chi connectivity index (χ4n) is 4.32. The number of ether oxygens (including phenoxy) is 1. The van der Waals surface area contributed by atoms with Crippen LogP contribution < -0.4 is 0 Å². The molecule has 1 aliphatic rings. The summed E-state index contributed by atoms with van der Waals surface area (Å²) in [5, 5.41) is 11.2. The van der Waals surface area contributed by atoms with E-state index in [2.05, 4.69) is 44.2 Å². The average Bonchev–Trinajstić information content (AvgIpc) is 2.81. The molecule has 0 fully saturated rings. The molecular weight excluding hydrogens is 428 g/mol. The lowest BCUT2D eigenvalue weighted by Crippen LogP contribution is -2.38. The predicted molar refractivity (Wildman–Crippen MR) is 134 cm³/mol. The molecule has 33 heavy (non-hydrogen) atoms. The second-order valence-electron chi connectivity index (χ2n) is 8.99. The van der Waals surface area contributed by atoms with Crippen LogP contribution in [-0.2, 0) is 21.6 Å². The summed E-state index contributed by atoms with van der Waals surface area (Å²) in [7, 11) is 0. The number of aliphatic hydroxyl groups is 1. The smallest absolute Gasteiger partial charge is 0.349 e. The highest BCUT2D eigenvalue weighted by molar-refractivity contribution is 8.04. The summed E-state index contributed by atoms with van der Waals surface area (Å²) in [4.78, 5) is 14.6. The zero-order valence-electron chi connectivity index (χ0n) is 19.4. The molecule has 0 bridgehead atoms. The van der Waals surface area contributed by atoms with Crippen molar-refractivity contribution >= 4 is 17.7 Å². The summed E-state index contributed by atoms with van der Waals surface area (Å²) in [5.41, 5.74) is 3.46. The average molecular weight is 459 g/mol. The Morgan fingerprint density at radius 3 is 2.30 bits per heavy atom. The fourth-order valence-corrected chi connectivity index (χ4v) is 5.52. The minimum Gasteiger partial charge on any atom is -0.511 e. The second-order valence-corrected chi connectivity index (χ2v) is 10.0. The second kappa shape index (κ2) is 9.88. The molecule has 0 aromatic heterocycles. The maximum Gasteiger partial charge on any atom is 0.349 e. The Labute approximate surface area is 200 Å². The number of aliphatic hydroxyl groups excluding tert-OH is 1. The lowest BCUT2D eigenvalue weighted by Gasteiger charge is -2.37. The first-order chi connectivity index (χ1) is 15.9. The first kappa shape index (κ1) is 23.2. The number of aryl methyl sites for hydroxylation is 2. The third-order valence-corrected chi connectivity index (χ3v) is 7.33. The van der Waals surface area contributed by atoms with Crippen LogP contribution in [0.15, 0.2) is 94.4 Å². The van der Waals surface area contributed by atoms with Crippen LogP contribution in [0.1, 0.15) is 54.9 Å². The number of carbonyl (C=O) groups excluding carboxylic acids is 1. The van der Waals surface area contributed by atoms with E-state index >= 15 is 0 Å². The third kappa shape index (κ3) is 5.17. The number of hydrogen-bond donors (Lipinski definition) is 1. The topological polar surface area (TPSA) is 46.5 Å². The summed E-state index contributed by atoms with van der Waals surface area (Å²) in [6.07, 6.45) is 1.60. The first-order valence-electron chi connectivity index (χ1n) is 11.4. The molecule has 0 aliphatic carbocycles. The van der Waals surface area contributed by atoms with E-state index in [1.807, 2.05) is 55.5 Å². The molecular formula is C29H30O3S. The van der Waals surface area contributed by atoms with E-state index in [0.29, 0.717) is 12.3 Å². The standard InChI is InChI=1S/C29H30O3S/c1-20(2)24-15-14-21(3)18-26(24)33-27-25(30)19-29(32-28(27)31,23-12-8-5-9-13-23)17-16-22-10-6-4-7-11-22/h4-15,18,20,30H,16-17,19H2,1-3H3. The summed E-state index contributed by atoms with van der Waals surface area (Å²) >= 11 is 1.32. The summed E-state index contributed by atoms with van der Waals surface area (Å²) in [5.74, 6) is -0.0500. The van der Waals surface area contributed by atoms with Gasteiger partial charge in [-0.3, -0.25) is 0 Å². The molecule has 1 heterocycles. The van der Waals surface area contributed by atoms with Crippen LogP contribution in [0, 0.1) is 6.92 Å². The lowest BCUT2D eigenvalue weighted by atomic mass is 9.82. The molecule has 3 nitrogen and oxygen atoms in total. The molecule has 4 heteroatoms. The number of thioether (sulfide) groups is 1. The van der Waals surface area contributed by atoms with Crippen molar-refractivity contribution in [1.82, 2.24) is 0 Å². The van der Waals surface area contributed by atoms with E-state index in [-0.39, 0.29) is 17.1 Å². The van der Waals surface area contributed by atoms with E-state index in [4.69, 9.17) is 4.74 Å². The van der Waals surface area contributed by atoms with E-state index in [1.165, 1.54) is 17.3 Å². The molecule has 170 valence electrons. The molecule has 0 saturated heterocycles. The van der Waals surface area contributed by atoms with Gasteiger partial charge in [0.25, 0.3) is 0 Å². The van der Waals surface area contributed by atoms with Gasteiger partial charge < -0.3 is 9.84 Å². The van der Waals surface area contributed by atoms with Crippen LogP contribution in [0.4, 0.5) is 0 Å². The number of rotatable bonds is 7. The summed E-state index contributed by atoms with van der Waals surface area (Å²) < 4.78 is 6.19. The Morgan fingerprint density at radius 1 is 1.00 bits per heavy atom. The van der Waals surface area contributed by atoms with Gasteiger partial charge in [0.05, 0.1) is 6.42 Å². The molecule has 4 rings (SSSR count). The molecule has 0 radical (unpaired) electrons. The molecule has 1 unspecified atom stereocenters. The number of esters is 1. The fraction of sp³-hybridized carbons (Fsp3) is 0.276. The molecule has 0 saturated carbocycles. The van der Waals surface area contributed by atoms with E-state index in [9.17, 15) is 9.90 Å². The van der Waals surface area contributed by atoms with Gasteiger partial charge in [-0.05, 0) is 54.0 Å². The highest BCUT2D eigenvalue weighted by Crippen LogP contribution is 2.46. The highest BCUT2D eigenvalue weighted by Gasteiger charge is 2.43. The lowest BCUT2D eigenvalue weighted by molar-refractivity contribution is -0.160. The van der Waals surface area contributed by atoms with Crippen molar-refractivity contribution in [1.29, 1.82) is 0 Å². The maximum absolute atomic E-state index is 13.3. The SMILES string of the molecule is Cc1ccc(C(C)C)c(SC2=C(O)CC(CCc3ccccc3)(c3ccccc3)OC2=O)c1. The Morgan fingerprint density at radius 2 is 1.67 bits per heavy atom. The van der Waals surface area contributed by atoms with Crippen LogP contribution in [-0.4, -0.2) is 11.1 Å². The van der Waals surface area contributed by atoms with Gasteiger partial charge in [-0.15, -0.1) is 0 Å². The van der Waals surface area contributed by atoms with Crippen LogP contribution in [0.5, 0.6) is 0 Å². The number of benzene rings is 3. The molecule has 0 spiro atoms. The van der Waals surface area contributed by atoms with Crippen LogP contribution in [0.2, 0.25) is 0 Å². The van der Waals surface area contributed by atoms with Gasteiger partial charge in [-0.2, -0.15) is 0 Å². The Balaban J connectivity index is 1.67. The van der Waals surface area contributed by atoms with Crippen molar-refractivity contribution in [3.05, 3.63) is 112 Å². The zero-order valence-corrected chi connectivity index (χ0v) is 20.2. The number of cyclic esters (lactones) is 1. The Hall–Kier alpha value is -2.98. The van der Waals surface area contributed by atoms with Gasteiger partial charge >= 0.3 is 5.97 Å². The minimum atomic E-state index is -0.893. The molecule has 0 amide bonds. The van der Waals surface area contributed by atoms with Crippen molar-refractivity contribution in [3.63, 3.8) is 0 Å². The van der Waals surface area contributed by atoms with Gasteiger partial charge in [0.2, 0.25) is 0 Å². The number of carbonyl (C=O) groups is 1. The highest BCUT2D eigenvalue weighted by atomic mass is 32.2. The van der Waals surface area contributed by atoms with Crippen molar-refractivity contribution in [2.45, 2.75) is 56.4 Å². The van der Waals surface area contributed by atoms with Gasteiger partial charge in [0.15, 0.2) is 0 Å². The molecule has 1 atom stereocenters. The molecule has 3 aromatic carbocycles. The van der Waals surface area contributed by atoms with Crippen molar-refractivity contribution in [3.8, 4) is 0 Å². The molecule has 1 N–H and O–H groups in total. The number of hydrogen-bond acceptors (Lipinski definition) is 4. The molecule has 3 aromatic rings. The van der Waals surface area contributed by atoms with Crippen molar-refractivity contribution < 1.29 is 14.6 Å². The normalized spacial score (nSPS) is 18.5. The van der Waals surface area contributed by atoms with Gasteiger partial charge in [0.1, 0.15) is 16.3 Å². The van der Waals surface area contributed by atoms with Crippen molar-refractivity contribution in [2.75, 3.05) is 0 Å². The monoisotopic (exact) mass is 458 g/mol. The van der Waals surface area contributed by atoms with Crippen LogP contribution in [0.3, 0.4) is 0 Å². The minimum absolute atomic E-state index is 0.101. The Kier molecular flexibility index (Phi) is 6.94. The summed E-state index contributed by atoms with van der Waals surface area (Å²) in [6.45, 7) is 6.30. The predicted octanol–water partition coefficient (Wildman–Crippen LogP) is 7.46. The van der Waals surface area contributed by atoms with E-state index in [1.54, 1.807) is 0 Å². The largest absolute Gasteiger partial charge is 0.511 e. The summed E-state index contributed by atoms with van der Waals surface area (Å²) in [6, 6.07) is 26.2. The Bertz CT molecular complexity index is 1150. The van der Waals surface area contributed by atoms with Gasteiger partial charge in [-0.1, -0.05) is 98.4 Å². The first-order valence-corrected chi connectivity index (χ1v) is 12.2. The maximum atomic E-state index is 13.3. The third-order valence-electron chi connectivity index (χ3n) is 6.15. The van der Waals surface area contributed by atoms with E-state index < -0.39 is 11.6 Å². The zero-order chi connectivity index (χ0) is 23.4. The van der Waals surface area contributed by atoms with Gasteiger partial charge in [-0.25, -0.2) is 4.79 Å². The van der Waals surface area contributed by atoms with Crippen LogP contribution in [0.25, 0.3) is 0 Å². The van der Waals surface area contributed by atoms with Gasteiger partial charge in [0, 0.05) is 4.90 Å². The molecule has 1 aliphatic heterocycles. The quantitative estimate of drug-likeness (QED) is 0.373. The van der Waals surface area contributed by atoms with Crippen LogP contribution >= 0.6 is 11.8 Å². The van der Waals surface area contributed by atoms with E-state index in [0.717, 1.165) is 28.0 Å². The van der Waals surface area contributed by atoms with Crippen molar-refractivity contribution in [2.24, 2.45) is 0 Å².